The summed E-state index contributed by atoms with van der Waals surface area (Å²) < 4.78 is 0. The van der Waals surface area contributed by atoms with E-state index in [1.54, 1.807) is 12.3 Å². The highest BCUT2D eigenvalue weighted by molar-refractivity contribution is 6.17. The molecule has 1 rings (SSSR count). The van der Waals surface area contributed by atoms with Crippen LogP contribution in [0.5, 0.6) is 0 Å². The second-order valence-corrected chi connectivity index (χ2v) is 4.63. The highest BCUT2D eigenvalue weighted by Crippen LogP contribution is 2.16. The first-order valence-corrected chi connectivity index (χ1v) is 7.33. The van der Waals surface area contributed by atoms with E-state index in [9.17, 15) is 4.79 Å². The number of aldehydes is 1. The summed E-state index contributed by atoms with van der Waals surface area (Å²) in [5.74, 6) is 0. The Bertz CT molecular complexity index is 694. The van der Waals surface area contributed by atoms with Crippen molar-refractivity contribution in [2.24, 2.45) is 9.98 Å². The first kappa shape index (κ1) is 18.2. The maximum Gasteiger partial charge on any atom is 0.145 e. The van der Waals surface area contributed by atoms with Crippen LogP contribution in [0.15, 0.2) is 64.3 Å². The molecule has 118 valence electrons. The van der Waals surface area contributed by atoms with Crippen molar-refractivity contribution >= 4 is 30.6 Å². The van der Waals surface area contributed by atoms with E-state index in [-0.39, 0.29) is 0 Å². The van der Waals surface area contributed by atoms with Crippen LogP contribution in [0.1, 0.15) is 31.4 Å². The molecule has 4 nitrogen and oxygen atoms in total. The quantitative estimate of drug-likeness (QED) is 0.332. The van der Waals surface area contributed by atoms with Crippen LogP contribution in [0.25, 0.3) is 5.70 Å². The van der Waals surface area contributed by atoms with Gasteiger partial charge in [0.15, 0.2) is 0 Å². The zero-order valence-electron chi connectivity index (χ0n) is 13.5. The first-order valence-electron chi connectivity index (χ1n) is 7.33. The molecule has 0 radical (unpaired) electrons. The molecule has 0 spiro atoms. The second kappa shape index (κ2) is 9.95. The van der Waals surface area contributed by atoms with Gasteiger partial charge in [-0.05, 0) is 30.5 Å². The molecule has 0 fully saturated rings. The van der Waals surface area contributed by atoms with Gasteiger partial charge in [0, 0.05) is 30.3 Å². The number of allylic oxidation sites excluding steroid dienone is 3. The van der Waals surface area contributed by atoms with E-state index < -0.39 is 0 Å². The van der Waals surface area contributed by atoms with Crippen molar-refractivity contribution in [3.8, 4) is 0 Å². The number of carbonyl (C=O) groups is 1. The Hall–Kier alpha value is -2.88. The minimum atomic E-state index is 0.516. The highest BCUT2D eigenvalue weighted by atomic mass is 16.1. The third-order valence-corrected chi connectivity index (χ3v) is 3.19. The number of benzene rings is 1. The van der Waals surface area contributed by atoms with Gasteiger partial charge in [-0.1, -0.05) is 37.8 Å². The summed E-state index contributed by atoms with van der Waals surface area (Å²) in [5.41, 5.74) is 3.81. The summed E-state index contributed by atoms with van der Waals surface area (Å²) >= 11 is 0. The minimum Gasteiger partial charge on any atom is -0.308 e. The van der Waals surface area contributed by atoms with Crippen molar-refractivity contribution in [2.75, 3.05) is 0 Å². The monoisotopic (exact) mass is 307 g/mol. The molecule has 4 heteroatoms. The summed E-state index contributed by atoms with van der Waals surface area (Å²) in [6.45, 7) is 7.91. The molecule has 0 aliphatic heterocycles. The lowest BCUT2D eigenvalue weighted by atomic mass is 10.1. The van der Waals surface area contributed by atoms with Crippen LogP contribution in [0.2, 0.25) is 0 Å². The maximum absolute atomic E-state index is 10.8. The smallest absolute Gasteiger partial charge is 0.145 e. The van der Waals surface area contributed by atoms with Crippen molar-refractivity contribution in [3.63, 3.8) is 0 Å². The highest BCUT2D eigenvalue weighted by Gasteiger charge is 2.00. The molecule has 0 bridgehead atoms. The summed E-state index contributed by atoms with van der Waals surface area (Å²) in [5, 5.41) is 7.29. The van der Waals surface area contributed by atoms with Crippen molar-refractivity contribution in [2.45, 2.75) is 20.3 Å². The standard InChI is InChI=1S/C19H21N3O/c1-4-17(5-2)15(3)21-10-11-22-19(9-12-23)18-8-6-7-16(13-18)14-20/h4,6-14,20H,3,5H2,1-2H3/b17-4+,19-9-,20-14?,21-10?,22-11?. The molecule has 0 atom stereocenters. The van der Waals surface area contributed by atoms with Crippen LogP contribution in [-0.2, 0) is 4.79 Å². The Morgan fingerprint density at radius 3 is 2.65 bits per heavy atom. The van der Waals surface area contributed by atoms with E-state index in [4.69, 9.17) is 5.41 Å². The van der Waals surface area contributed by atoms with Gasteiger partial charge in [-0.25, -0.2) is 0 Å². The molecule has 0 aliphatic rings. The SMILES string of the molecule is C=C(N=CC=N/C(=C\C=O)c1cccc(C=N)c1)/C(=C/C)CC. The zero-order chi connectivity index (χ0) is 17.1. The zero-order valence-corrected chi connectivity index (χ0v) is 13.5. The number of rotatable bonds is 8. The normalized spacial score (nSPS) is 12.8. The van der Waals surface area contributed by atoms with Crippen LogP contribution in [-0.4, -0.2) is 24.9 Å². The van der Waals surface area contributed by atoms with E-state index in [1.165, 1.54) is 18.5 Å². The molecule has 0 saturated carbocycles. The van der Waals surface area contributed by atoms with Crippen molar-refractivity contribution < 1.29 is 4.79 Å². The lowest BCUT2D eigenvalue weighted by Crippen LogP contribution is -1.88. The fraction of sp³-hybridized carbons (Fsp3) is 0.158. The van der Waals surface area contributed by atoms with Gasteiger partial charge >= 0.3 is 0 Å². The molecule has 0 aromatic heterocycles. The van der Waals surface area contributed by atoms with E-state index in [2.05, 4.69) is 16.6 Å². The molecule has 0 aliphatic carbocycles. The third-order valence-electron chi connectivity index (χ3n) is 3.19. The fourth-order valence-electron chi connectivity index (χ4n) is 1.96. The number of carbonyl (C=O) groups excluding carboxylic acids is 1. The van der Waals surface area contributed by atoms with Crippen LogP contribution < -0.4 is 0 Å². The lowest BCUT2D eigenvalue weighted by molar-refractivity contribution is -0.104. The Balaban J connectivity index is 2.92. The van der Waals surface area contributed by atoms with Crippen molar-refractivity contribution in [1.29, 1.82) is 5.41 Å². The number of hydrogen-bond donors (Lipinski definition) is 1. The van der Waals surface area contributed by atoms with Crippen molar-refractivity contribution in [1.82, 2.24) is 0 Å². The van der Waals surface area contributed by atoms with Gasteiger partial charge in [0.25, 0.3) is 0 Å². The predicted octanol–water partition coefficient (Wildman–Crippen LogP) is 4.24. The Kier molecular flexibility index (Phi) is 7.86. The molecule has 23 heavy (non-hydrogen) atoms. The largest absolute Gasteiger partial charge is 0.308 e. The summed E-state index contributed by atoms with van der Waals surface area (Å²) in [7, 11) is 0. The molecule has 0 amide bonds. The average Bonchev–Trinajstić information content (AvgIpc) is 2.58. The second-order valence-electron chi connectivity index (χ2n) is 4.63. The van der Waals surface area contributed by atoms with Crippen molar-refractivity contribution in [3.05, 3.63) is 65.4 Å². The van der Waals surface area contributed by atoms with Crippen LogP contribution in [0.3, 0.4) is 0 Å². The number of hydrogen-bond acceptors (Lipinski definition) is 4. The Morgan fingerprint density at radius 1 is 1.30 bits per heavy atom. The van der Waals surface area contributed by atoms with Gasteiger partial charge in [-0.2, -0.15) is 0 Å². The van der Waals surface area contributed by atoms with Crippen LogP contribution in [0, 0.1) is 5.41 Å². The molecule has 1 aromatic rings. The van der Waals surface area contributed by atoms with Gasteiger partial charge in [0.1, 0.15) is 6.29 Å². The van der Waals surface area contributed by atoms with E-state index in [0.29, 0.717) is 17.7 Å². The average molecular weight is 307 g/mol. The molecule has 0 saturated heterocycles. The van der Waals surface area contributed by atoms with Gasteiger partial charge in [0.2, 0.25) is 0 Å². The number of nitrogens with one attached hydrogen (secondary N) is 1. The molecule has 1 N–H and O–H groups in total. The predicted molar refractivity (Wildman–Crippen MR) is 98.5 cm³/mol. The van der Waals surface area contributed by atoms with E-state index in [0.717, 1.165) is 23.1 Å². The minimum absolute atomic E-state index is 0.516. The van der Waals surface area contributed by atoms with Gasteiger partial charge in [0.05, 0.1) is 11.4 Å². The lowest BCUT2D eigenvalue weighted by Gasteiger charge is -2.02. The maximum atomic E-state index is 10.8. The van der Waals surface area contributed by atoms with E-state index >= 15 is 0 Å². The molecule has 1 aromatic carbocycles. The first-order chi connectivity index (χ1) is 11.2. The van der Waals surface area contributed by atoms with Crippen LogP contribution >= 0.6 is 0 Å². The fourth-order valence-corrected chi connectivity index (χ4v) is 1.96. The van der Waals surface area contributed by atoms with Crippen LogP contribution in [0.4, 0.5) is 0 Å². The Morgan fingerprint density at radius 2 is 2.04 bits per heavy atom. The molecular weight excluding hydrogens is 286 g/mol. The topological polar surface area (TPSA) is 65.6 Å². The summed E-state index contributed by atoms with van der Waals surface area (Å²) in [6.07, 6.45) is 9.26. The molecule has 0 heterocycles. The summed E-state index contributed by atoms with van der Waals surface area (Å²) in [6, 6.07) is 7.27. The summed E-state index contributed by atoms with van der Waals surface area (Å²) in [4.78, 5) is 19.3. The van der Waals surface area contributed by atoms with E-state index in [1.807, 2.05) is 38.1 Å². The van der Waals surface area contributed by atoms with Gasteiger partial charge < -0.3 is 5.41 Å². The molecular formula is C19H21N3O. The third kappa shape index (κ3) is 5.79. The molecule has 0 unspecified atom stereocenters. The van der Waals surface area contributed by atoms with Gasteiger partial charge in [-0.3, -0.25) is 14.8 Å². The number of aliphatic imine (C=N–C) groups is 2. The Labute approximate surface area is 137 Å². The number of nitrogens with zero attached hydrogens (tertiary/aromatic N) is 2. The van der Waals surface area contributed by atoms with Gasteiger partial charge in [-0.15, -0.1) is 0 Å².